The van der Waals surface area contributed by atoms with Crippen molar-refractivity contribution >= 4 is 5.82 Å². The van der Waals surface area contributed by atoms with Gasteiger partial charge in [0, 0.05) is 24.6 Å². The molecule has 0 unspecified atom stereocenters. The minimum Gasteiger partial charge on any atom is -0.366 e. The Hall–Kier alpha value is -1.90. The summed E-state index contributed by atoms with van der Waals surface area (Å²) >= 11 is 0. The summed E-state index contributed by atoms with van der Waals surface area (Å²) in [7, 11) is 0. The first kappa shape index (κ1) is 10.6. The van der Waals surface area contributed by atoms with Crippen molar-refractivity contribution in [3.63, 3.8) is 0 Å². The molecule has 0 saturated heterocycles. The number of nitrogens with one attached hydrogen (secondary N) is 1. The highest BCUT2D eigenvalue weighted by molar-refractivity contribution is 5.36. The molecule has 0 bridgehead atoms. The van der Waals surface area contributed by atoms with Gasteiger partial charge in [-0.2, -0.15) is 0 Å². The number of anilines is 1. The number of pyridine rings is 2. The molecule has 0 aliphatic rings. The highest BCUT2D eigenvalue weighted by Crippen LogP contribution is 2.08. The molecule has 0 amide bonds. The zero-order valence-electron chi connectivity index (χ0n) is 9.57. The minimum absolute atomic E-state index is 0.760. The van der Waals surface area contributed by atoms with Crippen LogP contribution in [-0.2, 0) is 6.54 Å². The van der Waals surface area contributed by atoms with E-state index in [2.05, 4.69) is 21.4 Å². The van der Waals surface area contributed by atoms with E-state index in [1.165, 1.54) is 11.1 Å². The molecular weight excluding hydrogens is 198 g/mol. The van der Waals surface area contributed by atoms with Crippen LogP contribution >= 0.6 is 0 Å². The van der Waals surface area contributed by atoms with E-state index in [0.29, 0.717) is 0 Å². The van der Waals surface area contributed by atoms with Gasteiger partial charge in [-0.05, 0) is 37.1 Å². The first-order chi connectivity index (χ1) is 7.75. The predicted molar refractivity (Wildman–Crippen MR) is 65.3 cm³/mol. The largest absolute Gasteiger partial charge is 0.366 e. The molecule has 2 heterocycles. The first-order valence-corrected chi connectivity index (χ1v) is 5.33. The summed E-state index contributed by atoms with van der Waals surface area (Å²) in [5, 5.41) is 3.28. The van der Waals surface area contributed by atoms with Gasteiger partial charge in [-0.15, -0.1) is 0 Å². The second-order valence-corrected chi connectivity index (χ2v) is 3.82. The monoisotopic (exact) mass is 213 g/mol. The average Bonchev–Trinajstić information content (AvgIpc) is 2.30. The lowest BCUT2D eigenvalue weighted by Gasteiger charge is -2.07. The van der Waals surface area contributed by atoms with Gasteiger partial charge in [-0.25, -0.2) is 4.98 Å². The maximum atomic E-state index is 4.29. The van der Waals surface area contributed by atoms with Gasteiger partial charge in [-0.3, -0.25) is 4.98 Å². The molecule has 3 nitrogen and oxygen atoms in total. The Balaban J connectivity index is 2.02. The third kappa shape index (κ3) is 2.57. The molecule has 2 rings (SSSR count). The Morgan fingerprint density at radius 1 is 1.12 bits per heavy atom. The first-order valence-electron chi connectivity index (χ1n) is 5.33. The summed E-state index contributed by atoms with van der Waals surface area (Å²) in [6.07, 6.45) is 3.67. The number of hydrogen-bond donors (Lipinski definition) is 1. The smallest absolute Gasteiger partial charge is 0.126 e. The van der Waals surface area contributed by atoms with Crippen LogP contribution in [0, 0.1) is 13.8 Å². The fraction of sp³-hybridized carbons (Fsp3) is 0.231. The number of aromatic nitrogens is 2. The normalized spacial score (nSPS) is 10.1. The molecule has 2 aromatic heterocycles. The molecule has 0 saturated carbocycles. The molecule has 0 atom stereocenters. The Labute approximate surface area is 95.6 Å². The van der Waals surface area contributed by atoms with E-state index in [0.717, 1.165) is 18.1 Å². The zero-order valence-corrected chi connectivity index (χ0v) is 9.57. The number of rotatable bonds is 3. The van der Waals surface area contributed by atoms with E-state index in [1.54, 1.807) is 0 Å². The van der Waals surface area contributed by atoms with Crippen molar-refractivity contribution in [1.82, 2.24) is 9.97 Å². The standard InChI is InChI=1S/C13H15N3/c1-10-5-6-13(15-8-10)16-9-12-4-3-7-14-11(12)2/h3-8H,9H2,1-2H3,(H,15,16). The summed E-state index contributed by atoms with van der Waals surface area (Å²) in [5.74, 6) is 0.897. The number of hydrogen-bond acceptors (Lipinski definition) is 3. The van der Waals surface area contributed by atoms with Crippen molar-refractivity contribution in [2.45, 2.75) is 20.4 Å². The topological polar surface area (TPSA) is 37.8 Å². The molecule has 0 aromatic carbocycles. The molecule has 3 heteroatoms. The maximum Gasteiger partial charge on any atom is 0.126 e. The van der Waals surface area contributed by atoms with Crippen molar-refractivity contribution in [2.24, 2.45) is 0 Å². The van der Waals surface area contributed by atoms with Crippen LogP contribution in [0.15, 0.2) is 36.7 Å². The SMILES string of the molecule is Cc1ccc(NCc2cccnc2C)nc1. The van der Waals surface area contributed by atoms with Crippen LogP contribution in [0.3, 0.4) is 0 Å². The number of nitrogens with zero attached hydrogens (tertiary/aromatic N) is 2. The van der Waals surface area contributed by atoms with Crippen molar-refractivity contribution in [3.8, 4) is 0 Å². The lowest BCUT2D eigenvalue weighted by Crippen LogP contribution is -2.03. The summed E-state index contributed by atoms with van der Waals surface area (Å²) in [5.41, 5.74) is 3.43. The van der Waals surface area contributed by atoms with Gasteiger partial charge >= 0.3 is 0 Å². The molecule has 0 spiro atoms. The Morgan fingerprint density at radius 2 is 2.00 bits per heavy atom. The van der Waals surface area contributed by atoms with E-state index in [-0.39, 0.29) is 0 Å². The van der Waals surface area contributed by atoms with Crippen LogP contribution in [-0.4, -0.2) is 9.97 Å². The lowest BCUT2D eigenvalue weighted by molar-refractivity contribution is 1.04. The van der Waals surface area contributed by atoms with Gasteiger partial charge in [0.1, 0.15) is 5.82 Å². The molecule has 0 fully saturated rings. The summed E-state index contributed by atoms with van der Waals surface area (Å²) in [4.78, 5) is 8.54. The van der Waals surface area contributed by atoms with Crippen molar-refractivity contribution in [1.29, 1.82) is 0 Å². The quantitative estimate of drug-likeness (QED) is 0.851. The van der Waals surface area contributed by atoms with Crippen molar-refractivity contribution in [2.75, 3.05) is 5.32 Å². The predicted octanol–water partition coefficient (Wildman–Crippen LogP) is 2.71. The van der Waals surface area contributed by atoms with Crippen molar-refractivity contribution < 1.29 is 0 Å². The fourth-order valence-electron chi connectivity index (χ4n) is 1.46. The summed E-state index contributed by atoms with van der Waals surface area (Å²) < 4.78 is 0. The molecule has 1 N–H and O–H groups in total. The summed E-state index contributed by atoms with van der Waals surface area (Å²) in [6, 6.07) is 8.06. The van der Waals surface area contributed by atoms with Gasteiger partial charge in [-0.1, -0.05) is 12.1 Å². The fourth-order valence-corrected chi connectivity index (χ4v) is 1.46. The van der Waals surface area contributed by atoms with E-state index < -0.39 is 0 Å². The van der Waals surface area contributed by atoms with Gasteiger partial charge in [0.2, 0.25) is 0 Å². The van der Waals surface area contributed by atoms with Gasteiger partial charge < -0.3 is 5.32 Å². The second-order valence-electron chi connectivity index (χ2n) is 3.82. The Morgan fingerprint density at radius 3 is 2.69 bits per heavy atom. The Kier molecular flexibility index (Phi) is 3.15. The highest BCUT2D eigenvalue weighted by Gasteiger charge is 1.98. The molecule has 16 heavy (non-hydrogen) atoms. The maximum absolute atomic E-state index is 4.29. The molecule has 0 aliphatic carbocycles. The molecule has 0 aliphatic heterocycles. The lowest BCUT2D eigenvalue weighted by atomic mass is 10.2. The molecule has 82 valence electrons. The van der Waals surface area contributed by atoms with Crippen LogP contribution in [0.5, 0.6) is 0 Å². The van der Waals surface area contributed by atoms with E-state index in [1.807, 2.05) is 44.4 Å². The van der Waals surface area contributed by atoms with Gasteiger partial charge in [0.15, 0.2) is 0 Å². The van der Waals surface area contributed by atoms with E-state index >= 15 is 0 Å². The Bertz CT molecular complexity index is 463. The van der Waals surface area contributed by atoms with Crippen molar-refractivity contribution in [3.05, 3.63) is 53.5 Å². The van der Waals surface area contributed by atoms with Gasteiger partial charge in [0.05, 0.1) is 0 Å². The molecule has 2 aromatic rings. The van der Waals surface area contributed by atoms with Crippen LogP contribution in [0.1, 0.15) is 16.8 Å². The third-order valence-electron chi connectivity index (χ3n) is 2.49. The molecular formula is C13H15N3. The number of aryl methyl sites for hydroxylation is 2. The van der Waals surface area contributed by atoms with Crippen LogP contribution in [0.4, 0.5) is 5.82 Å². The van der Waals surface area contributed by atoms with Crippen LogP contribution < -0.4 is 5.32 Å². The highest BCUT2D eigenvalue weighted by atomic mass is 15.0. The van der Waals surface area contributed by atoms with Crippen LogP contribution in [0.25, 0.3) is 0 Å². The zero-order chi connectivity index (χ0) is 11.4. The average molecular weight is 213 g/mol. The molecule has 0 radical (unpaired) electrons. The van der Waals surface area contributed by atoms with E-state index in [9.17, 15) is 0 Å². The second kappa shape index (κ2) is 4.75. The van der Waals surface area contributed by atoms with Crippen LogP contribution in [0.2, 0.25) is 0 Å². The van der Waals surface area contributed by atoms with E-state index in [4.69, 9.17) is 0 Å². The minimum atomic E-state index is 0.760. The third-order valence-corrected chi connectivity index (χ3v) is 2.49. The summed E-state index contributed by atoms with van der Waals surface area (Å²) in [6.45, 7) is 4.80. The van der Waals surface area contributed by atoms with Gasteiger partial charge in [0.25, 0.3) is 0 Å².